The van der Waals surface area contributed by atoms with Crippen LogP contribution in [0.3, 0.4) is 0 Å². The van der Waals surface area contributed by atoms with E-state index in [9.17, 15) is 4.79 Å². The van der Waals surface area contributed by atoms with Crippen molar-refractivity contribution in [3.63, 3.8) is 0 Å². The normalized spacial score (nSPS) is 22.7. The lowest BCUT2D eigenvalue weighted by molar-refractivity contribution is 0.183. The second-order valence-electron chi connectivity index (χ2n) is 5.04. The minimum Gasteiger partial charge on any atom is -0.393 e. The summed E-state index contributed by atoms with van der Waals surface area (Å²) in [6, 6.07) is 7.76. The van der Waals surface area contributed by atoms with Crippen LogP contribution in [0, 0.1) is 0 Å². The highest BCUT2D eigenvalue weighted by Crippen LogP contribution is 2.41. The van der Waals surface area contributed by atoms with Crippen molar-refractivity contribution < 1.29 is 9.90 Å². The van der Waals surface area contributed by atoms with Crippen LogP contribution in [0.5, 0.6) is 0 Å². The number of hydrogen-bond donors (Lipinski definition) is 3. The molecule has 1 fully saturated rings. The van der Waals surface area contributed by atoms with E-state index in [0.29, 0.717) is 18.9 Å². The van der Waals surface area contributed by atoms with Crippen LogP contribution in [0.1, 0.15) is 31.2 Å². The zero-order chi connectivity index (χ0) is 13.8. The molecule has 2 rings (SSSR count). The van der Waals surface area contributed by atoms with Crippen LogP contribution in [0.25, 0.3) is 0 Å². The van der Waals surface area contributed by atoms with Gasteiger partial charge in [0.2, 0.25) is 0 Å². The highest BCUT2D eigenvalue weighted by atomic mass is 35.5. The summed E-state index contributed by atoms with van der Waals surface area (Å²) in [5, 5.41) is 15.5. The van der Waals surface area contributed by atoms with Crippen molar-refractivity contribution in [3.05, 3.63) is 34.9 Å². The predicted molar refractivity (Wildman–Crippen MR) is 75.4 cm³/mol. The first-order valence-electron chi connectivity index (χ1n) is 6.54. The SMILES string of the molecule is CC(O)CCNC(=O)NC1CC1c1cccc(Cl)c1. The van der Waals surface area contributed by atoms with Crippen LogP contribution in [0.4, 0.5) is 4.79 Å². The van der Waals surface area contributed by atoms with Crippen molar-refractivity contribution in [2.45, 2.75) is 37.8 Å². The smallest absolute Gasteiger partial charge is 0.315 e. The molecule has 1 aromatic carbocycles. The van der Waals surface area contributed by atoms with Gasteiger partial charge in [-0.25, -0.2) is 4.79 Å². The van der Waals surface area contributed by atoms with E-state index < -0.39 is 0 Å². The van der Waals surface area contributed by atoms with Gasteiger partial charge < -0.3 is 15.7 Å². The number of hydrogen-bond acceptors (Lipinski definition) is 2. The third-order valence-corrected chi connectivity index (χ3v) is 3.47. The molecule has 19 heavy (non-hydrogen) atoms. The maximum atomic E-state index is 11.6. The maximum Gasteiger partial charge on any atom is 0.315 e. The Labute approximate surface area is 118 Å². The van der Waals surface area contributed by atoms with Gasteiger partial charge in [-0.15, -0.1) is 0 Å². The molecule has 0 bridgehead atoms. The lowest BCUT2D eigenvalue weighted by atomic mass is 10.1. The Balaban J connectivity index is 1.73. The summed E-state index contributed by atoms with van der Waals surface area (Å²) < 4.78 is 0. The number of halogens is 1. The molecule has 0 heterocycles. The zero-order valence-electron chi connectivity index (χ0n) is 10.9. The van der Waals surface area contributed by atoms with E-state index in [1.54, 1.807) is 6.92 Å². The van der Waals surface area contributed by atoms with Gasteiger partial charge in [0.1, 0.15) is 0 Å². The number of carbonyl (C=O) groups is 1. The summed E-state index contributed by atoms with van der Waals surface area (Å²) in [5.74, 6) is 0.362. The number of aliphatic hydroxyl groups excluding tert-OH is 1. The number of carbonyl (C=O) groups excluding carboxylic acids is 1. The fourth-order valence-electron chi connectivity index (χ4n) is 2.07. The number of urea groups is 1. The maximum absolute atomic E-state index is 11.6. The minimum atomic E-state index is -0.388. The van der Waals surface area contributed by atoms with Crippen molar-refractivity contribution in [2.24, 2.45) is 0 Å². The van der Waals surface area contributed by atoms with Crippen LogP contribution in [-0.4, -0.2) is 29.8 Å². The van der Waals surface area contributed by atoms with E-state index in [1.165, 1.54) is 5.56 Å². The van der Waals surface area contributed by atoms with E-state index >= 15 is 0 Å². The standard InChI is InChI=1S/C14H19ClN2O2/c1-9(18)5-6-16-14(19)17-13-8-12(13)10-3-2-4-11(15)7-10/h2-4,7,9,12-13,18H,5-6,8H2,1H3,(H2,16,17,19). The monoisotopic (exact) mass is 282 g/mol. The van der Waals surface area contributed by atoms with Crippen molar-refractivity contribution in [2.75, 3.05) is 6.54 Å². The van der Waals surface area contributed by atoms with Gasteiger partial charge in [-0.2, -0.15) is 0 Å². The number of nitrogens with one attached hydrogen (secondary N) is 2. The van der Waals surface area contributed by atoms with Gasteiger partial charge in [0.05, 0.1) is 6.10 Å². The van der Waals surface area contributed by atoms with Gasteiger partial charge in [-0.1, -0.05) is 23.7 Å². The number of amides is 2. The Morgan fingerprint density at radius 1 is 1.58 bits per heavy atom. The Morgan fingerprint density at radius 2 is 2.37 bits per heavy atom. The number of benzene rings is 1. The summed E-state index contributed by atoms with van der Waals surface area (Å²) >= 11 is 5.94. The van der Waals surface area contributed by atoms with Crippen LogP contribution in [0.2, 0.25) is 5.02 Å². The zero-order valence-corrected chi connectivity index (χ0v) is 11.7. The molecule has 0 spiro atoms. The third kappa shape index (κ3) is 4.40. The predicted octanol–water partition coefficient (Wildman–Crippen LogP) is 2.27. The minimum absolute atomic E-state index is 0.171. The van der Waals surface area contributed by atoms with Crippen LogP contribution >= 0.6 is 11.6 Å². The average Bonchev–Trinajstić information content (AvgIpc) is 3.07. The molecule has 1 aliphatic carbocycles. The molecule has 1 saturated carbocycles. The first-order valence-corrected chi connectivity index (χ1v) is 6.92. The van der Waals surface area contributed by atoms with Gasteiger partial charge in [0.25, 0.3) is 0 Å². The first-order chi connectivity index (χ1) is 9.06. The van der Waals surface area contributed by atoms with Gasteiger partial charge in [-0.3, -0.25) is 0 Å². The van der Waals surface area contributed by atoms with Crippen LogP contribution < -0.4 is 10.6 Å². The molecule has 1 aliphatic rings. The number of rotatable bonds is 5. The lowest BCUT2D eigenvalue weighted by Crippen LogP contribution is -2.38. The largest absolute Gasteiger partial charge is 0.393 e. The third-order valence-electron chi connectivity index (χ3n) is 3.23. The molecule has 2 amide bonds. The van der Waals surface area contributed by atoms with E-state index in [4.69, 9.17) is 16.7 Å². The second kappa shape index (κ2) is 6.26. The molecule has 1 aromatic rings. The summed E-state index contributed by atoms with van der Waals surface area (Å²) in [4.78, 5) is 11.6. The second-order valence-corrected chi connectivity index (χ2v) is 5.48. The first kappa shape index (κ1) is 14.2. The molecule has 0 saturated heterocycles. The molecular formula is C14H19ClN2O2. The molecule has 0 aliphatic heterocycles. The molecule has 3 unspecified atom stereocenters. The molecular weight excluding hydrogens is 264 g/mol. The Hall–Kier alpha value is -1.26. The number of aliphatic hydroxyl groups is 1. The van der Waals surface area contributed by atoms with Crippen molar-refractivity contribution in [1.82, 2.24) is 10.6 Å². The van der Waals surface area contributed by atoms with Crippen molar-refractivity contribution in [1.29, 1.82) is 0 Å². The highest BCUT2D eigenvalue weighted by molar-refractivity contribution is 6.30. The van der Waals surface area contributed by atoms with E-state index in [-0.39, 0.29) is 18.2 Å². The molecule has 0 radical (unpaired) electrons. The summed E-state index contributed by atoms with van der Waals surface area (Å²) in [6.07, 6.45) is 1.13. The van der Waals surface area contributed by atoms with E-state index in [2.05, 4.69) is 10.6 Å². The fraction of sp³-hybridized carbons (Fsp3) is 0.500. The molecule has 5 heteroatoms. The van der Waals surface area contributed by atoms with Gasteiger partial charge in [0.15, 0.2) is 0 Å². The van der Waals surface area contributed by atoms with Crippen molar-refractivity contribution >= 4 is 17.6 Å². The average molecular weight is 283 g/mol. The highest BCUT2D eigenvalue weighted by Gasteiger charge is 2.39. The molecule has 3 atom stereocenters. The van der Waals surface area contributed by atoms with Gasteiger partial charge in [0, 0.05) is 23.5 Å². The van der Waals surface area contributed by atoms with Gasteiger partial charge in [-0.05, 0) is 37.5 Å². The molecule has 104 valence electrons. The Bertz CT molecular complexity index is 451. The summed E-state index contributed by atoms with van der Waals surface area (Å²) in [7, 11) is 0. The fourth-order valence-corrected chi connectivity index (χ4v) is 2.27. The van der Waals surface area contributed by atoms with Gasteiger partial charge >= 0.3 is 6.03 Å². The van der Waals surface area contributed by atoms with Crippen molar-refractivity contribution in [3.8, 4) is 0 Å². The molecule has 0 aromatic heterocycles. The quantitative estimate of drug-likeness (QED) is 0.776. The lowest BCUT2D eigenvalue weighted by Gasteiger charge is -2.08. The van der Waals surface area contributed by atoms with Crippen LogP contribution in [0.15, 0.2) is 24.3 Å². The van der Waals surface area contributed by atoms with Crippen LogP contribution in [-0.2, 0) is 0 Å². The van der Waals surface area contributed by atoms with E-state index in [0.717, 1.165) is 11.4 Å². The summed E-state index contributed by atoms with van der Waals surface area (Å²) in [5.41, 5.74) is 1.17. The summed E-state index contributed by atoms with van der Waals surface area (Å²) in [6.45, 7) is 2.19. The van der Waals surface area contributed by atoms with E-state index in [1.807, 2.05) is 24.3 Å². The Morgan fingerprint density at radius 3 is 3.05 bits per heavy atom. The molecule has 4 nitrogen and oxygen atoms in total. The topological polar surface area (TPSA) is 61.4 Å². The Kier molecular flexibility index (Phi) is 4.66. The molecule has 3 N–H and O–H groups in total.